The first-order chi connectivity index (χ1) is 15.8. The number of aliphatic hydroxyl groups excluding tert-OH is 1. The van der Waals surface area contributed by atoms with Crippen LogP contribution in [0.15, 0.2) is 78.4 Å². The Morgan fingerprint density at radius 1 is 0.939 bits per heavy atom. The fourth-order valence-electron chi connectivity index (χ4n) is 4.09. The number of nitrogens with zero attached hydrogens (tertiary/aromatic N) is 1. The summed E-state index contributed by atoms with van der Waals surface area (Å²) in [6, 6.07) is 20.6. The maximum Gasteiger partial charge on any atom is 0.300 e. The lowest BCUT2D eigenvalue weighted by Crippen LogP contribution is -2.29. The molecule has 0 aromatic heterocycles. The van der Waals surface area contributed by atoms with E-state index in [1.165, 1.54) is 11.8 Å². The molecule has 1 aliphatic rings. The Labute approximate surface area is 192 Å². The Kier molecular flexibility index (Phi) is 5.84. The van der Waals surface area contributed by atoms with Crippen LogP contribution in [0, 0.1) is 13.8 Å². The third kappa shape index (κ3) is 4.15. The van der Waals surface area contributed by atoms with E-state index in [1.54, 1.807) is 24.3 Å². The number of Topliss-reactive ketones (excluding diaryl/α,β-unsaturated/α-hetero) is 1. The van der Waals surface area contributed by atoms with Gasteiger partial charge >= 0.3 is 0 Å². The molecule has 0 bridgehead atoms. The van der Waals surface area contributed by atoms with Gasteiger partial charge in [-0.05, 0) is 55.3 Å². The molecule has 4 rings (SSSR count). The van der Waals surface area contributed by atoms with Crippen LogP contribution in [0.4, 0.5) is 11.4 Å². The van der Waals surface area contributed by atoms with Crippen molar-refractivity contribution in [2.24, 2.45) is 0 Å². The van der Waals surface area contributed by atoms with Crippen molar-refractivity contribution in [3.05, 3.63) is 101 Å². The Bertz CT molecular complexity index is 1280. The Morgan fingerprint density at radius 3 is 2.24 bits per heavy atom. The second-order valence-corrected chi connectivity index (χ2v) is 8.13. The summed E-state index contributed by atoms with van der Waals surface area (Å²) in [7, 11) is 0. The highest BCUT2D eigenvalue weighted by Crippen LogP contribution is 2.42. The van der Waals surface area contributed by atoms with Crippen molar-refractivity contribution in [1.82, 2.24) is 0 Å². The van der Waals surface area contributed by atoms with Gasteiger partial charge in [-0.25, -0.2) is 0 Å². The topological polar surface area (TPSA) is 86.7 Å². The molecule has 3 aromatic carbocycles. The molecule has 166 valence electrons. The summed E-state index contributed by atoms with van der Waals surface area (Å²) in [6.45, 7) is 5.16. The van der Waals surface area contributed by atoms with Crippen molar-refractivity contribution in [3.8, 4) is 0 Å². The van der Waals surface area contributed by atoms with E-state index in [9.17, 15) is 19.5 Å². The molecule has 3 aromatic rings. The van der Waals surface area contributed by atoms with Gasteiger partial charge in [0.2, 0.25) is 5.91 Å². The van der Waals surface area contributed by atoms with E-state index in [-0.39, 0.29) is 17.2 Å². The predicted molar refractivity (Wildman–Crippen MR) is 128 cm³/mol. The number of carbonyl (C=O) groups is 3. The van der Waals surface area contributed by atoms with Crippen LogP contribution >= 0.6 is 0 Å². The van der Waals surface area contributed by atoms with Gasteiger partial charge < -0.3 is 10.4 Å². The first-order valence-electron chi connectivity index (χ1n) is 10.6. The van der Waals surface area contributed by atoms with Gasteiger partial charge in [0, 0.05) is 23.9 Å². The summed E-state index contributed by atoms with van der Waals surface area (Å²) < 4.78 is 0. The van der Waals surface area contributed by atoms with Crippen LogP contribution in [0.5, 0.6) is 0 Å². The average molecular weight is 440 g/mol. The molecule has 2 N–H and O–H groups in total. The summed E-state index contributed by atoms with van der Waals surface area (Å²) in [6.07, 6.45) is 0. The third-order valence-electron chi connectivity index (χ3n) is 5.67. The molecule has 6 heteroatoms. The lowest BCUT2D eigenvalue weighted by atomic mass is 9.93. The molecule has 1 unspecified atom stereocenters. The van der Waals surface area contributed by atoms with Gasteiger partial charge in [-0.2, -0.15) is 0 Å². The molecule has 2 amide bonds. The highest BCUT2D eigenvalue weighted by molar-refractivity contribution is 6.51. The minimum Gasteiger partial charge on any atom is -0.507 e. The van der Waals surface area contributed by atoms with Crippen LogP contribution in [0.25, 0.3) is 5.76 Å². The minimum atomic E-state index is -0.794. The van der Waals surface area contributed by atoms with E-state index in [2.05, 4.69) is 5.32 Å². The smallest absolute Gasteiger partial charge is 0.300 e. The Hall–Kier alpha value is -4.19. The number of anilines is 2. The Morgan fingerprint density at radius 2 is 1.61 bits per heavy atom. The summed E-state index contributed by atoms with van der Waals surface area (Å²) in [4.78, 5) is 39.2. The summed E-state index contributed by atoms with van der Waals surface area (Å²) in [5, 5.41) is 14.0. The number of carbonyl (C=O) groups excluding carboxylic acids is 3. The molecule has 1 atom stereocenters. The lowest BCUT2D eigenvalue weighted by Gasteiger charge is -2.25. The molecular weight excluding hydrogens is 416 g/mol. The number of amides is 2. The normalized spacial score (nSPS) is 17.3. The van der Waals surface area contributed by atoms with Crippen molar-refractivity contribution < 1.29 is 19.5 Å². The highest BCUT2D eigenvalue weighted by Gasteiger charge is 2.47. The number of benzene rings is 3. The zero-order chi connectivity index (χ0) is 23.7. The molecule has 1 heterocycles. The number of aryl methyl sites for hydroxylation is 2. The van der Waals surface area contributed by atoms with Crippen molar-refractivity contribution >= 4 is 34.7 Å². The molecular formula is C27H24N2O4. The second kappa shape index (κ2) is 8.74. The number of hydrogen-bond donors (Lipinski definition) is 2. The van der Waals surface area contributed by atoms with Crippen molar-refractivity contribution in [2.75, 3.05) is 10.2 Å². The van der Waals surface area contributed by atoms with Gasteiger partial charge in [0.1, 0.15) is 5.76 Å². The standard InChI is InChI=1S/C27H24N2O4/c1-16-9-10-17(2)22(15-16)25(31)23-24(19-7-5-4-6-8-19)29(27(33)26(23)32)21-13-11-20(12-14-21)28-18(3)30/h4-15,24,31H,1-3H3,(H,28,30)/b25-23+. The van der Waals surface area contributed by atoms with E-state index in [0.29, 0.717) is 22.5 Å². The number of aliphatic hydroxyl groups is 1. The van der Waals surface area contributed by atoms with Gasteiger partial charge in [0.15, 0.2) is 0 Å². The molecule has 0 saturated carbocycles. The Balaban J connectivity index is 1.89. The zero-order valence-corrected chi connectivity index (χ0v) is 18.6. The van der Waals surface area contributed by atoms with E-state index in [4.69, 9.17) is 0 Å². The molecule has 0 aliphatic carbocycles. The van der Waals surface area contributed by atoms with Gasteiger partial charge in [0.05, 0.1) is 11.6 Å². The molecule has 6 nitrogen and oxygen atoms in total. The van der Waals surface area contributed by atoms with E-state index < -0.39 is 17.7 Å². The number of hydrogen-bond acceptors (Lipinski definition) is 4. The first kappa shape index (κ1) is 22.0. The van der Waals surface area contributed by atoms with E-state index in [0.717, 1.165) is 11.1 Å². The van der Waals surface area contributed by atoms with Crippen LogP contribution in [-0.2, 0) is 14.4 Å². The lowest BCUT2D eigenvalue weighted by molar-refractivity contribution is -0.132. The van der Waals surface area contributed by atoms with Gasteiger partial charge in [-0.15, -0.1) is 0 Å². The number of ketones is 1. The van der Waals surface area contributed by atoms with Crippen molar-refractivity contribution in [2.45, 2.75) is 26.8 Å². The van der Waals surface area contributed by atoms with E-state index >= 15 is 0 Å². The van der Waals surface area contributed by atoms with Gasteiger partial charge in [-0.3, -0.25) is 19.3 Å². The molecule has 0 spiro atoms. The summed E-state index contributed by atoms with van der Waals surface area (Å²) >= 11 is 0. The SMILES string of the molecule is CC(=O)Nc1ccc(N2C(=O)C(=O)/C(=C(/O)c3cc(C)ccc3C)C2c2ccccc2)cc1. The molecule has 1 saturated heterocycles. The van der Waals surface area contributed by atoms with Crippen molar-refractivity contribution in [1.29, 1.82) is 0 Å². The first-order valence-corrected chi connectivity index (χ1v) is 10.6. The van der Waals surface area contributed by atoms with Crippen LogP contribution in [-0.4, -0.2) is 22.7 Å². The van der Waals surface area contributed by atoms with Crippen LogP contribution < -0.4 is 10.2 Å². The summed E-state index contributed by atoms with van der Waals surface area (Å²) in [5.41, 5.74) is 4.07. The highest BCUT2D eigenvalue weighted by atomic mass is 16.3. The quantitative estimate of drug-likeness (QED) is 0.344. The van der Waals surface area contributed by atoms with Crippen LogP contribution in [0.1, 0.15) is 35.2 Å². The molecule has 1 aliphatic heterocycles. The van der Waals surface area contributed by atoms with Crippen molar-refractivity contribution in [3.63, 3.8) is 0 Å². The van der Waals surface area contributed by atoms with Crippen LogP contribution in [0.2, 0.25) is 0 Å². The molecule has 0 radical (unpaired) electrons. The fraction of sp³-hybridized carbons (Fsp3) is 0.148. The maximum absolute atomic E-state index is 13.2. The third-order valence-corrected chi connectivity index (χ3v) is 5.67. The maximum atomic E-state index is 13.2. The average Bonchev–Trinajstić information content (AvgIpc) is 3.06. The minimum absolute atomic E-state index is 0.0471. The number of nitrogens with one attached hydrogen (secondary N) is 1. The largest absolute Gasteiger partial charge is 0.507 e. The van der Waals surface area contributed by atoms with Gasteiger partial charge in [-0.1, -0.05) is 48.0 Å². The second-order valence-electron chi connectivity index (χ2n) is 8.13. The molecule has 1 fully saturated rings. The summed E-state index contributed by atoms with van der Waals surface area (Å²) in [5.74, 6) is -1.86. The van der Waals surface area contributed by atoms with Crippen LogP contribution in [0.3, 0.4) is 0 Å². The molecule has 33 heavy (non-hydrogen) atoms. The predicted octanol–water partition coefficient (Wildman–Crippen LogP) is 4.89. The fourth-order valence-corrected chi connectivity index (χ4v) is 4.09. The zero-order valence-electron chi connectivity index (χ0n) is 18.6. The number of rotatable bonds is 4. The van der Waals surface area contributed by atoms with Gasteiger partial charge in [0.25, 0.3) is 11.7 Å². The van der Waals surface area contributed by atoms with E-state index in [1.807, 2.05) is 62.4 Å². The monoisotopic (exact) mass is 440 g/mol.